The van der Waals surface area contributed by atoms with Crippen molar-refractivity contribution in [3.05, 3.63) is 72.0 Å². The second-order valence-corrected chi connectivity index (χ2v) is 7.27. The third kappa shape index (κ3) is 3.63. The van der Waals surface area contributed by atoms with Crippen LogP contribution in [0.4, 0.5) is 0 Å². The van der Waals surface area contributed by atoms with Crippen molar-refractivity contribution in [1.82, 2.24) is 10.2 Å². The first-order chi connectivity index (χ1) is 12.2. The van der Waals surface area contributed by atoms with Crippen molar-refractivity contribution in [2.75, 3.05) is 6.54 Å². The molecule has 0 radical (unpaired) electrons. The van der Waals surface area contributed by atoms with Crippen LogP contribution < -0.4 is 5.32 Å². The lowest BCUT2D eigenvalue weighted by Gasteiger charge is -2.21. The van der Waals surface area contributed by atoms with Crippen LogP contribution in [0, 0.1) is 0 Å². The van der Waals surface area contributed by atoms with E-state index >= 15 is 0 Å². The molecule has 0 aliphatic carbocycles. The lowest BCUT2D eigenvalue weighted by atomic mass is 10.1. The molecule has 2 aromatic carbocycles. The Labute approximate surface area is 149 Å². The minimum absolute atomic E-state index is 0.223. The molecule has 1 saturated heterocycles. The lowest BCUT2D eigenvalue weighted by molar-refractivity contribution is 0.255. The third-order valence-corrected chi connectivity index (χ3v) is 5.29. The Bertz CT molecular complexity index is 793. The van der Waals surface area contributed by atoms with Crippen LogP contribution in [-0.4, -0.2) is 23.5 Å². The topological polar surface area (TPSA) is 28.4 Å². The molecule has 1 N–H and O–H groups in total. The number of para-hydroxylation sites is 1. The van der Waals surface area contributed by atoms with E-state index in [-0.39, 0.29) is 6.04 Å². The number of nitrogens with zero attached hydrogens (tertiary/aromatic N) is 1. The molecule has 0 bridgehead atoms. The van der Waals surface area contributed by atoms with Crippen LogP contribution in [0.25, 0.3) is 11.0 Å². The van der Waals surface area contributed by atoms with E-state index in [0.29, 0.717) is 12.1 Å². The van der Waals surface area contributed by atoms with Gasteiger partial charge in [0.05, 0.1) is 6.04 Å². The van der Waals surface area contributed by atoms with Gasteiger partial charge in [0.1, 0.15) is 11.3 Å². The zero-order chi connectivity index (χ0) is 17.2. The molecule has 3 unspecified atom stereocenters. The first-order valence-corrected chi connectivity index (χ1v) is 9.21. The van der Waals surface area contributed by atoms with E-state index in [1.165, 1.54) is 17.4 Å². The van der Waals surface area contributed by atoms with E-state index in [9.17, 15) is 0 Å². The lowest BCUT2D eigenvalue weighted by Crippen LogP contribution is -2.34. The number of rotatable bonds is 5. The number of furan rings is 1. The van der Waals surface area contributed by atoms with Gasteiger partial charge in [0.15, 0.2) is 0 Å². The highest BCUT2D eigenvalue weighted by Gasteiger charge is 2.30. The maximum absolute atomic E-state index is 6.01. The van der Waals surface area contributed by atoms with Crippen LogP contribution in [0.2, 0.25) is 0 Å². The van der Waals surface area contributed by atoms with Crippen molar-refractivity contribution >= 4 is 11.0 Å². The van der Waals surface area contributed by atoms with Crippen LogP contribution >= 0.6 is 0 Å². The van der Waals surface area contributed by atoms with Crippen molar-refractivity contribution in [2.45, 2.75) is 44.9 Å². The SMILES string of the molecule is CC(NC1CC(C)N(Cc2ccccc2)C1)c1cc2ccccc2o1. The van der Waals surface area contributed by atoms with E-state index in [0.717, 1.165) is 24.4 Å². The summed E-state index contributed by atoms with van der Waals surface area (Å²) >= 11 is 0. The Hall–Kier alpha value is -2.10. The largest absolute Gasteiger partial charge is 0.459 e. The first kappa shape index (κ1) is 16.4. The number of likely N-dealkylation sites (tertiary alicyclic amines) is 1. The summed E-state index contributed by atoms with van der Waals surface area (Å²) in [6.45, 7) is 6.64. The minimum Gasteiger partial charge on any atom is -0.459 e. The van der Waals surface area contributed by atoms with Gasteiger partial charge in [0.25, 0.3) is 0 Å². The molecule has 1 aliphatic rings. The minimum atomic E-state index is 0.223. The van der Waals surface area contributed by atoms with Gasteiger partial charge in [-0.2, -0.15) is 0 Å². The van der Waals surface area contributed by atoms with E-state index in [1.54, 1.807) is 0 Å². The summed E-state index contributed by atoms with van der Waals surface area (Å²) in [5.41, 5.74) is 2.36. The second kappa shape index (κ2) is 7.03. The molecule has 1 aromatic heterocycles. The first-order valence-electron chi connectivity index (χ1n) is 9.21. The molecule has 2 heterocycles. The van der Waals surface area contributed by atoms with Crippen molar-refractivity contribution < 1.29 is 4.42 Å². The monoisotopic (exact) mass is 334 g/mol. The predicted molar refractivity (Wildman–Crippen MR) is 102 cm³/mol. The summed E-state index contributed by atoms with van der Waals surface area (Å²) < 4.78 is 6.01. The quantitative estimate of drug-likeness (QED) is 0.730. The standard InChI is InChI=1S/C22H26N2O/c1-16-12-20(15-24(16)14-18-8-4-3-5-9-18)23-17(2)22-13-19-10-6-7-11-21(19)25-22/h3-11,13,16-17,20,23H,12,14-15H2,1-2H3. The van der Waals surface area contributed by atoms with Gasteiger partial charge in [0.2, 0.25) is 0 Å². The van der Waals surface area contributed by atoms with Crippen LogP contribution in [0.1, 0.15) is 37.6 Å². The molecule has 0 saturated carbocycles. The van der Waals surface area contributed by atoms with Crippen LogP contribution in [0.5, 0.6) is 0 Å². The highest BCUT2D eigenvalue weighted by Crippen LogP contribution is 2.26. The fourth-order valence-corrected chi connectivity index (χ4v) is 3.91. The predicted octanol–water partition coefficient (Wildman–Crippen LogP) is 4.75. The van der Waals surface area contributed by atoms with Gasteiger partial charge in [-0.3, -0.25) is 4.90 Å². The molecule has 1 fully saturated rings. The highest BCUT2D eigenvalue weighted by molar-refractivity contribution is 5.77. The molecule has 0 spiro atoms. The smallest absolute Gasteiger partial charge is 0.134 e. The molecule has 3 aromatic rings. The molecular formula is C22H26N2O. The summed E-state index contributed by atoms with van der Waals surface area (Å²) in [5, 5.41) is 4.94. The fraction of sp³-hybridized carbons (Fsp3) is 0.364. The van der Waals surface area contributed by atoms with Gasteiger partial charge in [-0.05, 0) is 38.0 Å². The second-order valence-electron chi connectivity index (χ2n) is 7.27. The zero-order valence-electron chi connectivity index (χ0n) is 15.0. The summed E-state index contributed by atoms with van der Waals surface area (Å²) in [7, 11) is 0. The Kier molecular flexibility index (Phi) is 4.60. The molecule has 25 heavy (non-hydrogen) atoms. The number of hydrogen-bond donors (Lipinski definition) is 1. The normalized spacial score (nSPS) is 22.5. The zero-order valence-corrected chi connectivity index (χ0v) is 15.0. The van der Waals surface area contributed by atoms with Crippen molar-refractivity contribution in [3.8, 4) is 0 Å². The number of nitrogens with one attached hydrogen (secondary N) is 1. The fourth-order valence-electron chi connectivity index (χ4n) is 3.91. The Morgan fingerprint density at radius 2 is 1.88 bits per heavy atom. The average Bonchev–Trinajstić information content (AvgIpc) is 3.19. The van der Waals surface area contributed by atoms with E-state index in [1.807, 2.05) is 12.1 Å². The van der Waals surface area contributed by atoms with Gasteiger partial charge in [-0.1, -0.05) is 48.5 Å². The van der Waals surface area contributed by atoms with Crippen molar-refractivity contribution in [3.63, 3.8) is 0 Å². The summed E-state index contributed by atoms with van der Waals surface area (Å²) in [6, 6.07) is 22.4. The molecule has 3 nitrogen and oxygen atoms in total. The van der Waals surface area contributed by atoms with Gasteiger partial charge < -0.3 is 9.73 Å². The van der Waals surface area contributed by atoms with E-state index in [4.69, 9.17) is 4.42 Å². The van der Waals surface area contributed by atoms with Crippen molar-refractivity contribution in [1.29, 1.82) is 0 Å². The third-order valence-electron chi connectivity index (χ3n) is 5.29. The number of hydrogen-bond acceptors (Lipinski definition) is 3. The summed E-state index contributed by atoms with van der Waals surface area (Å²) in [4.78, 5) is 2.57. The number of benzene rings is 2. The molecule has 3 heteroatoms. The van der Waals surface area contributed by atoms with Gasteiger partial charge >= 0.3 is 0 Å². The molecular weight excluding hydrogens is 308 g/mol. The van der Waals surface area contributed by atoms with Gasteiger partial charge in [0, 0.05) is 30.6 Å². The number of fused-ring (bicyclic) bond motifs is 1. The Morgan fingerprint density at radius 3 is 2.68 bits per heavy atom. The molecule has 1 aliphatic heterocycles. The molecule has 4 rings (SSSR count). The maximum atomic E-state index is 6.01. The van der Waals surface area contributed by atoms with Crippen molar-refractivity contribution in [2.24, 2.45) is 0 Å². The van der Waals surface area contributed by atoms with Crippen LogP contribution in [0.15, 0.2) is 65.1 Å². The van der Waals surface area contributed by atoms with Gasteiger partial charge in [-0.15, -0.1) is 0 Å². The van der Waals surface area contributed by atoms with E-state index < -0.39 is 0 Å². The molecule has 3 atom stereocenters. The molecule has 130 valence electrons. The average molecular weight is 334 g/mol. The van der Waals surface area contributed by atoms with Crippen LogP contribution in [-0.2, 0) is 6.54 Å². The molecule has 0 amide bonds. The summed E-state index contributed by atoms with van der Waals surface area (Å²) in [6.07, 6.45) is 1.18. The van der Waals surface area contributed by atoms with Gasteiger partial charge in [-0.25, -0.2) is 0 Å². The Balaban J connectivity index is 1.39. The highest BCUT2D eigenvalue weighted by atomic mass is 16.3. The maximum Gasteiger partial charge on any atom is 0.134 e. The van der Waals surface area contributed by atoms with E-state index in [2.05, 4.69) is 72.6 Å². The van der Waals surface area contributed by atoms with Crippen LogP contribution in [0.3, 0.4) is 0 Å². The Morgan fingerprint density at radius 1 is 1.12 bits per heavy atom. The summed E-state index contributed by atoms with van der Waals surface area (Å²) in [5.74, 6) is 1.02.